The van der Waals surface area contributed by atoms with Crippen LogP contribution in [0.25, 0.3) is 0 Å². The van der Waals surface area contributed by atoms with Gasteiger partial charge < -0.3 is 14.4 Å². The molecule has 3 rings (SSSR count). The summed E-state index contributed by atoms with van der Waals surface area (Å²) in [6.07, 6.45) is 1.21. The Kier molecular flexibility index (Phi) is 5.48. The highest BCUT2D eigenvalue weighted by molar-refractivity contribution is 7.92. The van der Waals surface area contributed by atoms with E-state index in [-0.39, 0.29) is 15.8 Å². The standard InChI is InChI=1S/C18H19ClN2O5S/c1-25-16-8-6-13(11-14(16)19)27(23,24)20-12-5-7-17(26-2)15(10-12)21-9-3-4-18(21)22/h5-8,10-11,20H,3-4,9H2,1-2H3. The maximum atomic E-state index is 12.7. The van der Waals surface area contributed by atoms with Crippen LogP contribution < -0.4 is 19.1 Å². The number of rotatable bonds is 6. The molecule has 1 aliphatic rings. The van der Waals surface area contributed by atoms with Crippen LogP contribution in [0.1, 0.15) is 12.8 Å². The van der Waals surface area contributed by atoms with E-state index < -0.39 is 10.0 Å². The first-order chi connectivity index (χ1) is 12.9. The minimum absolute atomic E-state index is 0.00270. The summed E-state index contributed by atoms with van der Waals surface area (Å²) in [7, 11) is -0.915. The lowest BCUT2D eigenvalue weighted by Crippen LogP contribution is -2.24. The lowest BCUT2D eigenvalue weighted by Gasteiger charge is -2.20. The zero-order chi connectivity index (χ0) is 19.6. The number of hydrogen-bond donors (Lipinski definition) is 1. The third-order valence-corrected chi connectivity index (χ3v) is 5.90. The molecule has 0 radical (unpaired) electrons. The molecule has 9 heteroatoms. The van der Waals surface area contributed by atoms with Crippen LogP contribution in [0, 0.1) is 0 Å². The number of carbonyl (C=O) groups excluding carboxylic acids is 1. The predicted molar refractivity (Wildman–Crippen MR) is 103 cm³/mol. The predicted octanol–water partition coefficient (Wildman–Crippen LogP) is 3.28. The Hall–Kier alpha value is -2.45. The van der Waals surface area contributed by atoms with Crippen LogP contribution in [0.5, 0.6) is 11.5 Å². The second kappa shape index (κ2) is 7.66. The molecule has 0 spiro atoms. The summed E-state index contributed by atoms with van der Waals surface area (Å²) in [5.74, 6) is 0.867. The van der Waals surface area contributed by atoms with E-state index in [1.54, 1.807) is 23.1 Å². The molecular formula is C18H19ClN2O5S. The van der Waals surface area contributed by atoms with Gasteiger partial charge in [-0.05, 0) is 42.8 Å². The SMILES string of the molecule is COc1ccc(S(=O)(=O)Nc2ccc(OC)c(N3CCCC3=O)c2)cc1Cl. The number of sulfonamides is 1. The first-order valence-electron chi connectivity index (χ1n) is 8.20. The topological polar surface area (TPSA) is 84.9 Å². The Balaban J connectivity index is 1.92. The van der Waals surface area contributed by atoms with Gasteiger partial charge >= 0.3 is 0 Å². The van der Waals surface area contributed by atoms with E-state index in [1.807, 2.05) is 0 Å². The van der Waals surface area contributed by atoms with E-state index >= 15 is 0 Å². The van der Waals surface area contributed by atoms with E-state index in [2.05, 4.69) is 4.72 Å². The molecule has 0 bridgehead atoms. The van der Waals surface area contributed by atoms with Crippen molar-refractivity contribution in [3.8, 4) is 11.5 Å². The Morgan fingerprint density at radius 3 is 2.37 bits per heavy atom. The Morgan fingerprint density at radius 1 is 1.07 bits per heavy atom. The molecule has 1 amide bonds. The fraction of sp³-hybridized carbons (Fsp3) is 0.278. The van der Waals surface area contributed by atoms with Gasteiger partial charge in [0, 0.05) is 13.0 Å². The van der Waals surface area contributed by atoms with Crippen molar-refractivity contribution < 1.29 is 22.7 Å². The minimum atomic E-state index is -3.87. The van der Waals surface area contributed by atoms with Gasteiger partial charge in [-0.25, -0.2) is 8.42 Å². The van der Waals surface area contributed by atoms with Crippen LogP contribution in [0.15, 0.2) is 41.3 Å². The Morgan fingerprint density at radius 2 is 1.78 bits per heavy atom. The maximum absolute atomic E-state index is 12.7. The van der Waals surface area contributed by atoms with Crippen LogP contribution in [0.4, 0.5) is 11.4 Å². The van der Waals surface area contributed by atoms with Crippen LogP contribution in [-0.4, -0.2) is 35.1 Å². The summed E-state index contributed by atoms with van der Waals surface area (Å²) in [5, 5.41) is 0.193. The molecular weight excluding hydrogens is 392 g/mol. The second-order valence-corrected chi connectivity index (χ2v) is 8.03. The van der Waals surface area contributed by atoms with Gasteiger partial charge in [-0.15, -0.1) is 0 Å². The highest BCUT2D eigenvalue weighted by Crippen LogP contribution is 2.35. The van der Waals surface area contributed by atoms with Gasteiger partial charge in [-0.3, -0.25) is 9.52 Å². The third kappa shape index (κ3) is 3.96. The first kappa shape index (κ1) is 19.3. The highest BCUT2D eigenvalue weighted by atomic mass is 35.5. The summed E-state index contributed by atoms with van der Waals surface area (Å²) < 4.78 is 38.2. The Bertz CT molecular complexity index is 978. The number of methoxy groups -OCH3 is 2. The van der Waals surface area contributed by atoms with Crippen molar-refractivity contribution in [2.75, 3.05) is 30.4 Å². The summed E-state index contributed by atoms with van der Waals surface area (Å²) in [6.45, 7) is 0.569. The number of nitrogens with one attached hydrogen (secondary N) is 1. The molecule has 0 aliphatic carbocycles. The van der Waals surface area contributed by atoms with Crippen LogP contribution in [0.3, 0.4) is 0 Å². The van der Waals surface area contributed by atoms with Crippen molar-refractivity contribution in [1.82, 2.24) is 0 Å². The van der Waals surface area contributed by atoms with E-state index in [1.165, 1.54) is 32.4 Å². The Labute approximate surface area is 162 Å². The molecule has 1 heterocycles. The van der Waals surface area contributed by atoms with Gasteiger partial charge in [0.1, 0.15) is 11.5 Å². The normalized spacial score (nSPS) is 14.3. The molecule has 0 atom stereocenters. The van der Waals surface area contributed by atoms with Gasteiger partial charge in [0.25, 0.3) is 10.0 Å². The molecule has 144 valence electrons. The largest absolute Gasteiger partial charge is 0.495 e. The number of ether oxygens (including phenoxy) is 2. The fourth-order valence-corrected chi connectivity index (χ4v) is 4.29. The smallest absolute Gasteiger partial charge is 0.261 e. The number of nitrogens with zero attached hydrogens (tertiary/aromatic N) is 1. The summed E-state index contributed by atoms with van der Waals surface area (Å²) in [6, 6.07) is 8.99. The molecule has 7 nitrogen and oxygen atoms in total. The lowest BCUT2D eigenvalue weighted by atomic mass is 10.2. The highest BCUT2D eigenvalue weighted by Gasteiger charge is 2.25. The first-order valence-corrected chi connectivity index (χ1v) is 10.1. The fourth-order valence-electron chi connectivity index (χ4n) is 2.90. The third-order valence-electron chi connectivity index (χ3n) is 4.23. The van der Waals surface area contributed by atoms with Crippen molar-refractivity contribution in [3.63, 3.8) is 0 Å². The number of benzene rings is 2. The van der Waals surface area contributed by atoms with Gasteiger partial charge in [-0.2, -0.15) is 0 Å². The molecule has 2 aromatic carbocycles. The van der Waals surface area contributed by atoms with Crippen molar-refractivity contribution in [2.24, 2.45) is 0 Å². The quantitative estimate of drug-likeness (QED) is 0.789. The van der Waals surface area contributed by atoms with Crippen molar-refractivity contribution >= 4 is 38.9 Å². The second-order valence-electron chi connectivity index (χ2n) is 5.94. The maximum Gasteiger partial charge on any atom is 0.261 e. The van der Waals surface area contributed by atoms with Crippen LogP contribution in [-0.2, 0) is 14.8 Å². The molecule has 1 aliphatic heterocycles. The average Bonchev–Trinajstić information content (AvgIpc) is 3.07. The zero-order valence-electron chi connectivity index (χ0n) is 14.9. The number of anilines is 2. The monoisotopic (exact) mass is 410 g/mol. The van der Waals surface area contributed by atoms with E-state index in [9.17, 15) is 13.2 Å². The van der Waals surface area contributed by atoms with Gasteiger partial charge in [0.05, 0.1) is 35.5 Å². The number of amides is 1. The number of hydrogen-bond acceptors (Lipinski definition) is 5. The van der Waals surface area contributed by atoms with Gasteiger partial charge in [0.2, 0.25) is 5.91 Å². The van der Waals surface area contributed by atoms with Crippen molar-refractivity contribution in [3.05, 3.63) is 41.4 Å². The number of halogens is 1. The van der Waals surface area contributed by atoms with E-state index in [0.29, 0.717) is 35.8 Å². The molecule has 0 unspecified atom stereocenters. The molecule has 1 saturated heterocycles. The van der Waals surface area contributed by atoms with Crippen LogP contribution >= 0.6 is 11.6 Å². The van der Waals surface area contributed by atoms with Gasteiger partial charge in [0.15, 0.2) is 0 Å². The molecule has 1 fully saturated rings. The van der Waals surface area contributed by atoms with Crippen molar-refractivity contribution in [2.45, 2.75) is 17.7 Å². The lowest BCUT2D eigenvalue weighted by molar-refractivity contribution is -0.117. The molecule has 1 N–H and O–H groups in total. The molecule has 2 aromatic rings. The molecule has 0 aromatic heterocycles. The average molecular weight is 411 g/mol. The summed E-state index contributed by atoms with van der Waals surface area (Å²) in [5.41, 5.74) is 0.852. The van der Waals surface area contributed by atoms with E-state index in [4.69, 9.17) is 21.1 Å². The van der Waals surface area contributed by atoms with Gasteiger partial charge in [-0.1, -0.05) is 11.6 Å². The summed E-state index contributed by atoms with van der Waals surface area (Å²) in [4.78, 5) is 13.7. The number of carbonyl (C=O) groups is 1. The van der Waals surface area contributed by atoms with Crippen molar-refractivity contribution in [1.29, 1.82) is 0 Å². The summed E-state index contributed by atoms with van der Waals surface area (Å²) >= 11 is 6.03. The molecule has 27 heavy (non-hydrogen) atoms. The molecule has 0 saturated carbocycles. The van der Waals surface area contributed by atoms with E-state index in [0.717, 1.165) is 6.42 Å². The zero-order valence-corrected chi connectivity index (χ0v) is 16.4. The van der Waals surface area contributed by atoms with Crippen LogP contribution in [0.2, 0.25) is 5.02 Å². The minimum Gasteiger partial charge on any atom is -0.495 e.